The standard InChI is InChI=1S/C17H25BrN2O4S/c1-25(22,23)14-12-19-8-10-20(11-9-19)17(21)7-4-13-24-16-6-3-2-5-15(16)18/h2-3,5-6H,4,7-14H2,1H3. The van der Waals surface area contributed by atoms with Crippen molar-refractivity contribution in [2.45, 2.75) is 12.8 Å². The Morgan fingerprint density at radius 3 is 2.52 bits per heavy atom. The number of sulfone groups is 1. The molecule has 1 aliphatic heterocycles. The summed E-state index contributed by atoms with van der Waals surface area (Å²) in [7, 11) is -2.93. The Morgan fingerprint density at radius 2 is 1.88 bits per heavy atom. The Balaban J connectivity index is 1.63. The first kappa shape index (κ1) is 20.2. The number of hydrogen-bond donors (Lipinski definition) is 0. The second kappa shape index (κ2) is 9.54. The maximum atomic E-state index is 12.2. The first-order valence-electron chi connectivity index (χ1n) is 8.40. The van der Waals surface area contributed by atoms with Crippen LogP contribution in [0.25, 0.3) is 0 Å². The van der Waals surface area contributed by atoms with Crippen LogP contribution in [-0.2, 0) is 14.6 Å². The largest absolute Gasteiger partial charge is 0.492 e. The van der Waals surface area contributed by atoms with Crippen LogP contribution in [0.3, 0.4) is 0 Å². The van der Waals surface area contributed by atoms with Crippen molar-refractivity contribution in [1.82, 2.24) is 9.80 Å². The molecule has 140 valence electrons. The van der Waals surface area contributed by atoms with Gasteiger partial charge in [0, 0.05) is 45.4 Å². The number of carbonyl (C=O) groups is 1. The number of carbonyl (C=O) groups excluding carboxylic acids is 1. The summed E-state index contributed by atoms with van der Waals surface area (Å²) in [6.45, 7) is 3.83. The molecule has 6 nitrogen and oxygen atoms in total. The van der Waals surface area contributed by atoms with Gasteiger partial charge in [-0.05, 0) is 34.5 Å². The van der Waals surface area contributed by atoms with E-state index in [4.69, 9.17) is 4.74 Å². The molecule has 2 rings (SSSR count). The maximum absolute atomic E-state index is 12.2. The van der Waals surface area contributed by atoms with Gasteiger partial charge < -0.3 is 9.64 Å². The highest BCUT2D eigenvalue weighted by Gasteiger charge is 2.21. The van der Waals surface area contributed by atoms with Crippen LogP contribution in [0.5, 0.6) is 5.75 Å². The van der Waals surface area contributed by atoms with Gasteiger partial charge in [-0.2, -0.15) is 0 Å². The van der Waals surface area contributed by atoms with Crippen molar-refractivity contribution in [3.8, 4) is 5.75 Å². The van der Waals surface area contributed by atoms with Crippen LogP contribution in [0.15, 0.2) is 28.7 Å². The molecule has 0 N–H and O–H groups in total. The highest BCUT2D eigenvalue weighted by atomic mass is 79.9. The number of nitrogens with zero attached hydrogens (tertiary/aromatic N) is 2. The van der Waals surface area contributed by atoms with Crippen LogP contribution in [0, 0.1) is 0 Å². The molecule has 1 heterocycles. The summed E-state index contributed by atoms with van der Waals surface area (Å²) in [5, 5.41) is 0. The molecule has 0 aromatic heterocycles. The fraction of sp³-hybridized carbons (Fsp3) is 0.588. The van der Waals surface area contributed by atoms with E-state index in [9.17, 15) is 13.2 Å². The van der Waals surface area contributed by atoms with Gasteiger partial charge >= 0.3 is 0 Å². The average molecular weight is 433 g/mol. The molecule has 0 radical (unpaired) electrons. The highest BCUT2D eigenvalue weighted by Crippen LogP contribution is 2.23. The second-order valence-corrected chi connectivity index (χ2v) is 9.35. The van der Waals surface area contributed by atoms with Crippen LogP contribution in [0.1, 0.15) is 12.8 Å². The minimum Gasteiger partial charge on any atom is -0.492 e. The van der Waals surface area contributed by atoms with Gasteiger partial charge in [-0.1, -0.05) is 12.1 Å². The quantitative estimate of drug-likeness (QED) is 0.585. The van der Waals surface area contributed by atoms with E-state index in [2.05, 4.69) is 20.8 Å². The third-order valence-electron chi connectivity index (χ3n) is 4.13. The van der Waals surface area contributed by atoms with E-state index in [1.165, 1.54) is 6.26 Å². The Hall–Kier alpha value is -1.12. The van der Waals surface area contributed by atoms with Gasteiger partial charge in [0.25, 0.3) is 0 Å². The van der Waals surface area contributed by atoms with Gasteiger partial charge in [-0.3, -0.25) is 9.69 Å². The fourth-order valence-corrected chi connectivity index (χ4v) is 3.63. The molecular weight excluding hydrogens is 408 g/mol. The van der Waals surface area contributed by atoms with Crippen molar-refractivity contribution < 1.29 is 17.9 Å². The molecule has 1 aromatic carbocycles. The summed E-state index contributed by atoms with van der Waals surface area (Å²) in [6.07, 6.45) is 2.39. The summed E-state index contributed by atoms with van der Waals surface area (Å²) in [6, 6.07) is 7.65. The Morgan fingerprint density at radius 1 is 1.20 bits per heavy atom. The number of benzene rings is 1. The smallest absolute Gasteiger partial charge is 0.222 e. The zero-order valence-electron chi connectivity index (χ0n) is 14.5. The Labute approximate surface area is 158 Å². The normalized spacial score (nSPS) is 16.0. The van der Waals surface area contributed by atoms with Gasteiger partial charge in [0.2, 0.25) is 5.91 Å². The summed E-state index contributed by atoms with van der Waals surface area (Å²) in [4.78, 5) is 16.2. The van der Waals surface area contributed by atoms with Crippen molar-refractivity contribution in [3.05, 3.63) is 28.7 Å². The van der Waals surface area contributed by atoms with Gasteiger partial charge in [-0.25, -0.2) is 8.42 Å². The number of hydrogen-bond acceptors (Lipinski definition) is 5. The summed E-state index contributed by atoms with van der Waals surface area (Å²) in [5.41, 5.74) is 0. The van der Waals surface area contributed by atoms with Crippen molar-refractivity contribution in [2.75, 3.05) is 51.3 Å². The lowest BCUT2D eigenvalue weighted by molar-refractivity contribution is -0.133. The van der Waals surface area contributed by atoms with Gasteiger partial charge in [-0.15, -0.1) is 0 Å². The van der Waals surface area contributed by atoms with Gasteiger partial charge in [0.1, 0.15) is 15.6 Å². The number of para-hydroxylation sites is 1. The first-order valence-corrected chi connectivity index (χ1v) is 11.3. The molecule has 0 spiro atoms. The van der Waals surface area contributed by atoms with Crippen LogP contribution in [-0.4, -0.2) is 75.5 Å². The molecule has 0 atom stereocenters. The highest BCUT2D eigenvalue weighted by molar-refractivity contribution is 9.10. The SMILES string of the molecule is CS(=O)(=O)CCN1CCN(C(=O)CCCOc2ccccc2Br)CC1. The average Bonchev–Trinajstić information content (AvgIpc) is 2.58. The van der Waals surface area contributed by atoms with Crippen LogP contribution < -0.4 is 4.74 Å². The van der Waals surface area contributed by atoms with Crippen molar-refractivity contribution in [2.24, 2.45) is 0 Å². The number of ether oxygens (including phenoxy) is 1. The van der Waals surface area contributed by atoms with E-state index in [1.54, 1.807) is 0 Å². The number of amides is 1. The van der Waals surface area contributed by atoms with Gasteiger partial charge in [0.05, 0.1) is 16.8 Å². The monoisotopic (exact) mass is 432 g/mol. The van der Waals surface area contributed by atoms with Gasteiger partial charge in [0.15, 0.2) is 0 Å². The molecule has 0 unspecified atom stereocenters. The molecule has 1 fully saturated rings. The fourth-order valence-electron chi connectivity index (χ4n) is 2.64. The molecular formula is C17H25BrN2O4S. The van der Waals surface area contributed by atoms with E-state index in [0.717, 1.165) is 23.3 Å². The first-order chi connectivity index (χ1) is 11.8. The lowest BCUT2D eigenvalue weighted by Gasteiger charge is -2.34. The predicted octanol–water partition coefficient (Wildman–Crippen LogP) is 1.80. The molecule has 25 heavy (non-hydrogen) atoms. The molecule has 0 aliphatic carbocycles. The van der Waals surface area contributed by atoms with E-state index in [-0.39, 0.29) is 11.7 Å². The molecule has 1 amide bonds. The molecule has 8 heteroatoms. The number of halogens is 1. The van der Waals surface area contributed by atoms with E-state index in [0.29, 0.717) is 39.1 Å². The summed E-state index contributed by atoms with van der Waals surface area (Å²) >= 11 is 3.43. The van der Waals surface area contributed by atoms with Crippen molar-refractivity contribution in [1.29, 1.82) is 0 Å². The number of rotatable bonds is 8. The molecule has 1 saturated heterocycles. The topological polar surface area (TPSA) is 66.9 Å². The summed E-state index contributed by atoms with van der Waals surface area (Å²) < 4.78 is 29.0. The second-order valence-electron chi connectivity index (χ2n) is 6.23. The van der Waals surface area contributed by atoms with Crippen LogP contribution in [0.4, 0.5) is 0 Å². The minimum atomic E-state index is -2.93. The van der Waals surface area contributed by atoms with Crippen molar-refractivity contribution in [3.63, 3.8) is 0 Å². The lowest BCUT2D eigenvalue weighted by Crippen LogP contribution is -2.49. The van der Waals surface area contributed by atoms with E-state index >= 15 is 0 Å². The Kier molecular flexibility index (Phi) is 7.71. The molecule has 0 bridgehead atoms. The zero-order chi connectivity index (χ0) is 18.3. The third-order valence-corrected chi connectivity index (χ3v) is 5.71. The zero-order valence-corrected chi connectivity index (χ0v) is 16.9. The van der Waals surface area contributed by atoms with Crippen molar-refractivity contribution >= 4 is 31.7 Å². The molecule has 0 saturated carbocycles. The van der Waals surface area contributed by atoms with Crippen LogP contribution >= 0.6 is 15.9 Å². The molecule has 1 aromatic rings. The molecule has 1 aliphatic rings. The van der Waals surface area contributed by atoms with E-state index in [1.807, 2.05) is 29.2 Å². The number of piperazine rings is 1. The lowest BCUT2D eigenvalue weighted by atomic mass is 10.2. The Bertz CT molecular complexity index is 673. The predicted molar refractivity (Wildman–Crippen MR) is 102 cm³/mol. The minimum absolute atomic E-state index is 0.137. The van der Waals surface area contributed by atoms with Crippen LogP contribution in [0.2, 0.25) is 0 Å². The van der Waals surface area contributed by atoms with E-state index < -0.39 is 9.84 Å². The summed E-state index contributed by atoms with van der Waals surface area (Å²) in [5.74, 6) is 1.10. The maximum Gasteiger partial charge on any atom is 0.222 e. The third kappa shape index (κ3) is 7.33.